The molecule has 1 aliphatic heterocycles. The normalized spacial score (nSPS) is 14.3. The average Bonchev–Trinajstić information content (AvgIpc) is 2.77. The van der Waals surface area contributed by atoms with Gasteiger partial charge in [-0.2, -0.15) is 0 Å². The van der Waals surface area contributed by atoms with Gasteiger partial charge in [-0.25, -0.2) is 0 Å². The van der Waals surface area contributed by atoms with Gasteiger partial charge in [0.1, 0.15) is 0 Å². The summed E-state index contributed by atoms with van der Waals surface area (Å²) < 4.78 is 0. The molecule has 4 nitrogen and oxygen atoms in total. The van der Waals surface area contributed by atoms with Crippen LogP contribution in [0.1, 0.15) is 23.2 Å². The molecule has 4 heteroatoms. The van der Waals surface area contributed by atoms with E-state index in [4.69, 9.17) is 5.73 Å². The number of amides is 1. The van der Waals surface area contributed by atoms with Gasteiger partial charge in [-0.1, -0.05) is 0 Å². The highest BCUT2D eigenvalue weighted by Crippen LogP contribution is 1.91. The van der Waals surface area contributed by atoms with Gasteiger partial charge in [0.15, 0.2) is 0 Å². The van der Waals surface area contributed by atoms with E-state index in [1.165, 1.54) is 32.1 Å². The van der Waals surface area contributed by atoms with Gasteiger partial charge in [0.25, 0.3) is 0 Å². The molecule has 1 aliphatic rings. The molecule has 0 unspecified atom stereocenters. The lowest BCUT2D eigenvalue weighted by molar-refractivity contribution is 0.1000. The van der Waals surface area contributed by atoms with Crippen LogP contribution in [0.4, 0.5) is 0 Å². The Bertz CT molecular complexity index is 262. The van der Waals surface area contributed by atoms with Crippen molar-refractivity contribution in [2.45, 2.75) is 12.8 Å². The molecular weight excluding hydrogens is 178 g/mol. The number of carbonyl (C=O) groups excluding carboxylic acids is 1. The Hall–Kier alpha value is -1.42. The summed E-state index contributed by atoms with van der Waals surface area (Å²) in [4.78, 5) is 14.1. The molecule has 0 atom stereocenters. The second kappa shape index (κ2) is 6.10. The predicted octanol–water partition coefficient (Wildman–Crippen LogP) is 0.550. The maximum atomic E-state index is 10.4. The average molecular weight is 193 g/mol. The molecule has 2 rings (SSSR count). The van der Waals surface area contributed by atoms with Crippen molar-refractivity contribution in [3.05, 3.63) is 30.1 Å². The van der Waals surface area contributed by atoms with E-state index in [9.17, 15) is 4.79 Å². The Labute approximate surface area is 83.5 Å². The van der Waals surface area contributed by atoms with Crippen LogP contribution < -0.4 is 11.1 Å². The van der Waals surface area contributed by atoms with Crippen molar-refractivity contribution in [3.63, 3.8) is 0 Å². The van der Waals surface area contributed by atoms with Crippen molar-refractivity contribution in [2.75, 3.05) is 13.1 Å². The van der Waals surface area contributed by atoms with Crippen molar-refractivity contribution in [3.8, 4) is 0 Å². The van der Waals surface area contributed by atoms with Crippen LogP contribution in [-0.4, -0.2) is 24.0 Å². The summed E-state index contributed by atoms with van der Waals surface area (Å²) in [6.45, 7) is 2.50. The molecule has 1 fully saturated rings. The molecule has 0 saturated carbocycles. The molecule has 0 aromatic carbocycles. The highest BCUT2D eigenvalue weighted by Gasteiger charge is 1.95. The number of primary amides is 1. The second-order valence-corrected chi connectivity index (χ2v) is 3.06. The monoisotopic (exact) mass is 193 g/mol. The minimum atomic E-state index is -0.442. The number of rotatable bonds is 1. The Morgan fingerprint density at radius 3 is 2.43 bits per heavy atom. The predicted molar refractivity (Wildman–Crippen MR) is 54.9 cm³/mol. The lowest BCUT2D eigenvalue weighted by Gasteiger charge is -1.88. The number of nitrogens with zero attached hydrogens (tertiary/aromatic N) is 1. The summed E-state index contributed by atoms with van der Waals surface area (Å²) in [6.07, 6.45) is 5.80. The third-order valence-electron chi connectivity index (χ3n) is 1.90. The zero-order chi connectivity index (χ0) is 10.2. The van der Waals surface area contributed by atoms with Gasteiger partial charge >= 0.3 is 0 Å². The van der Waals surface area contributed by atoms with E-state index in [2.05, 4.69) is 10.3 Å². The van der Waals surface area contributed by atoms with E-state index in [1.54, 1.807) is 18.3 Å². The van der Waals surface area contributed by atoms with Crippen LogP contribution in [0.3, 0.4) is 0 Å². The SMILES string of the molecule is C1CCNC1.NC(=O)c1cccnc1. The van der Waals surface area contributed by atoms with Crippen LogP contribution in [0, 0.1) is 0 Å². The van der Waals surface area contributed by atoms with E-state index >= 15 is 0 Å². The van der Waals surface area contributed by atoms with E-state index < -0.39 is 5.91 Å². The van der Waals surface area contributed by atoms with Crippen LogP contribution in [0.25, 0.3) is 0 Å². The highest BCUT2D eigenvalue weighted by atomic mass is 16.1. The van der Waals surface area contributed by atoms with Gasteiger partial charge < -0.3 is 11.1 Å². The third-order valence-corrected chi connectivity index (χ3v) is 1.90. The Morgan fingerprint density at radius 1 is 1.43 bits per heavy atom. The molecule has 1 amide bonds. The number of hydrogen-bond acceptors (Lipinski definition) is 3. The molecule has 76 valence electrons. The minimum absolute atomic E-state index is 0.442. The molecule has 1 aromatic heterocycles. The number of nitrogens with two attached hydrogens (primary N) is 1. The van der Waals surface area contributed by atoms with Gasteiger partial charge in [-0.3, -0.25) is 9.78 Å². The topological polar surface area (TPSA) is 68.0 Å². The van der Waals surface area contributed by atoms with Gasteiger partial charge in [0.2, 0.25) is 5.91 Å². The first-order chi connectivity index (χ1) is 6.80. The first-order valence-electron chi connectivity index (χ1n) is 4.71. The molecule has 1 aromatic rings. The lowest BCUT2D eigenvalue weighted by Crippen LogP contribution is -2.10. The van der Waals surface area contributed by atoms with E-state index in [0.717, 1.165) is 0 Å². The zero-order valence-electron chi connectivity index (χ0n) is 8.07. The highest BCUT2D eigenvalue weighted by molar-refractivity contribution is 5.92. The number of carbonyl (C=O) groups is 1. The van der Waals surface area contributed by atoms with Crippen LogP contribution in [-0.2, 0) is 0 Å². The quantitative estimate of drug-likeness (QED) is 0.684. The fourth-order valence-corrected chi connectivity index (χ4v) is 1.13. The first kappa shape index (κ1) is 10.7. The molecule has 0 aliphatic carbocycles. The van der Waals surface area contributed by atoms with Crippen molar-refractivity contribution in [1.29, 1.82) is 0 Å². The number of nitrogens with one attached hydrogen (secondary N) is 1. The lowest BCUT2D eigenvalue weighted by atomic mass is 10.3. The molecule has 1 saturated heterocycles. The minimum Gasteiger partial charge on any atom is -0.366 e. The van der Waals surface area contributed by atoms with Crippen LogP contribution >= 0.6 is 0 Å². The summed E-state index contributed by atoms with van der Waals surface area (Å²) >= 11 is 0. The first-order valence-corrected chi connectivity index (χ1v) is 4.71. The summed E-state index contributed by atoms with van der Waals surface area (Å²) in [5.74, 6) is -0.442. The van der Waals surface area contributed by atoms with Gasteiger partial charge in [0, 0.05) is 12.4 Å². The summed E-state index contributed by atoms with van der Waals surface area (Å²) in [7, 11) is 0. The van der Waals surface area contributed by atoms with Gasteiger partial charge in [-0.05, 0) is 38.1 Å². The number of pyridine rings is 1. The summed E-state index contributed by atoms with van der Waals surface area (Å²) in [6, 6.07) is 3.29. The molecule has 0 bridgehead atoms. The fourth-order valence-electron chi connectivity index (χ4n) is 1.13. The Morgan fingerprint density at radius 2 is 2.14 bits per heavy atom. The van der Waals surface area contributed by atoms with E-state index in [-0.39, 0.29) is 0 Å². The largest absolute Gasteiger partial charge is 0.366 e. The van der Waals surface area contributed by atoms with E-state index in [1.807, 2.05) is 0 Å². The number of hydrogen-bond donors (Lipinski definition) is 2. The van der Waals surface area contributed by atoms with Crippen LogP contribution in [0.5, 0.6) is 0 Å². The smallest absolute Gasteiger partial charge is 0.250 e. The maximum Gasteiger partial charge on any atom is 0.250 e. The molecule has 14 heavy (non-hydrogen) atoms. The maximum absolute atomic E-state index is 10.4. The standard InChI is InChI=1S/C6H6N2O.C4H9N/c7-6(9)5-2-1-3-8-4-5;1-2-4-5-3-1/h1-4H,(H2,7,9);5H,1-4H2. The number of aromatic nitrogens is 1. The van der Waals surface area contributed by atoms with Gasteiger partial charge in [0.05, 0.1) is 5.56 Å². The zero-order valence-corrected chi connectivity index (χ0v) is 8.07. The molecular formula is C10H15N3O. The third kappa shape index (κ3) is 4.00. The Kier molecular flexibility index (Phi) is 4.64. The second-order valence-electron chi connectivity index (χ2n) is 3.06. The molecule has 2 heterocycles. The van der Waals surface area contributed by atoms with Crippen molar-refractivity contribution < 1.29 is 4.79 Å². The van der Waals surface area contributed by atoms with Crippen molar-refractivity contribution >= 4 is 5.91 Å². The summed E-state index contributed by atoms with van der Waals surface area (Å²) in [5, 5.41) is 3.22. The van der Waals surface area contributed by atoms with Crippen LogP contribution in [0.15, 0.2) is 24.5 Å². The fraction of sp³-hybridized carbons (Fsp3) is 0.400. The van der Waals surface area contributed by atoms with Crippen molar-refractivity contribution in [1.82, 2.24) is 10.3 Å². The molecule has 0 spiro atoms. The Balaban J connectivity index is 0.000000165. The van der Waals surface area contributed by atoms with Crippen molar-refractivity contribution in [2.24, 2.45) is 5.73 Å². The summed E-state index contributed by atoms with van der Waals surface area (Å²) in [5.41, 5.74) is 5.38. The molecule has 3 N–H and O–H groups in total. The molecule has 0 radical (unpaired) electrons. The van der Waals surface area contributed by atoms with Crippen LogP contribution in [0.2, 0.25) is 0 Å². The van der Waals surface area contributed by atoms with Gasteiger partial charge in [-0.15, -0.1) is 0 Å². The van der Waals surface area contributed by atoms with E-state index in [0.29, 0.717) is 5.56 Å².